The molecule has 0 radical (unpaired) electrons. The lowest BCUT2D eigenvalue weighted by atomic mass is 10.1. The van der Waals surface area contributed by atoms with E-state index in [2.05, 4.69) is 32.4 Å². The fraction of sp³-hybridized carbons (Fsp3) is 0.238. The molecular formula is C21H22BrN3O2. The first-order chi connectivity index (χ1) is 13.0. The summed E-state index contributed by atoms with van der Waals surface area (Å²) in [6, 6.07) is 15.4. The molecule has 3 rings (SSSR count). The number of rotatable bonds is 7. The maximum absolute atomic E-state index is 12.5. The van der Waals surface area contributed by atoms with Crippen molar-refractivity contribution in [2.24, 2.45) is 0 Å². The number of hydrogen-bond donors (Lipinski definition) is 1. The second-order valence-electron chi connectivity index (χ2n) is 6.52. The zero-order valence-corrected chi connectivity index (χ0v) is 16.9. The highest BCUT2D eigenvalue weighted by atomic mass is 79.9. The fourth-order valence-electron chi connectivity index (χ4n) is 2.61. The van der Waals surface area contributed by atoms with Crippen molar-refractivity contribution >= 4 is 21.8 Å². The van der Waals surface area contributed by atoms with Crippen LogP contribution in [-0.2, 0) is 17.9 Å². The highest BCUT2D eigenvalue weighted by Crippen LogP contribution is 2.14. The third kappa shape index (κ3) is 5.52. The SMILES string of the molecule is CC(C)OCc1cccc(CNC(=O)c2cccc(-n3cc(Br)cn3)c2)c1. The van der Waals surface area contributed by atoms with E-state index in [1.54, 1.807) is 16.9 Å². The van der Waals surface area contributed by atoms with E-state index in [1.807, 2.05) is 56.4 Å². The molecule has 6 heteroatoms. The minimum atomic E-state index is -0.119. The van der Waals surface area contributed by atoms with Crippen molar-refractivity contribution in [2.45, 2.75) is 33.1 Å². The van der Waals surface area contributed by atoms with Crippen LogP contribution >= 0.6 is 15.9 Å². The zero-order chi connectivity index (χ0) is 19.2. The summed E-state index contributed by atoms with van der Waals surface area (Å²) in [5, 5.41) is 7.22. The maximum atomic E-state index is 12.5. The third-order valence-electron chi connectivity index (χ3n) is 3.95. The Labute approximate surface area is 167 Å². The van der Waals surface area contributed by atoms with Gasteiger partial charge in [0, 0.05) is 18.3 Å². The van der Waals surface area contributed by atoms with Gasteiger partial charge in [-0.15, -0.1) is 0 Å². The Bertz CT molecular complexity index is 921. The number of hydrogen-bond acceptors (Lipinski definition) is 3. The molecular weight excluding hydrogens is 406 g/mol. The molecule has 27 heavy (non-hydrogen) atoms. The summed E-state index contributed by atoms with van der Waals surface area (Å²) >= 11 is 3.38. The molecule has 1 N–H and O–H groups in total. The van der Waals surface area contributed by atoms with Crippen molar-refractivity contribution in [3.8, 4) is 5.69 Å². The lowest BCUT2D eigenvalue weighted by molar-refractivity contribution is 0.0657. The average molecular weight is 428 g/mol. The van der Waals surface area contributed by atoms with E-state index in [0.717, 1.165) is 21.3 Å². The quantitative estimate of drug-likeness (QED) is 0.604. The first-order valence-electron chi connectivity index (χ1n) is 8.79. The van der Waals surface area contributed by atoms with E-state index in [1.165, 1.54) is 0 Å². The van der Waals surface area contributed by atoms with Gasteiger partial charge in [0.05, 0.1) is 29.1 Å². The molecule has 0 spiro atoms. The summed E-state index contributed by atoms with van der Waals surface area (Å²) in [6.07, 6.45) is 3.75. The normalized spacial score (nSPS) is 11.0. The van der Waals surface area contributed by atoms with Crippen LogP contribution < -0.4 is 5.32 Å². The number of amides is 1. The van der Waals surface area contributed by atoms with Gasteiger partial charge in [-0.3, -0.25) is 4.79 Å². The van der Waals surface area contributed by atoms with Crippen molar-refractivity contribution < 1.29 is 9.53 Å². The monoisotopic (exact) mass is 427 g/mol. The van der Waals surface area contributed by atoms with Crippen molar-refractivity contribution in [3.63, 3.8) is 0 Å². The van der Waals surface area contributed by atoms with Crippen LogP contribution in [0.25, 0.3) is 5.69 Å². The van der Waals surface area contributed by atoms with Crippen molar-refractivity contribution in [2.75, 3.05) is 0 Å². The standard InChI is InChI=1S/C21H22BrN3O2/c1-15(2)27-14-17-6-3-5-16(9-17)11-23-21(26)18-7-4-8-20(10-18)25-13-19(22)12-24-25/h3-10,12-13,15H,11,14H2,1-2H3,(H,23,26). The molecule has 1 amide bonds. The van der Waals surface area contributed by atoms with Crippen LogP contribution in [0.2, 0.25) is 0 Å². The molecule has 0 bridgehead atoms. The number of ether oxygens (including phenoxy) is 1. The zero-order valence-electron chi connectivity index (χ0n) is 15.4. The van der Waals surface area contributed by atoms with Crippen LogP contribution in [-0.4, -0.2) is 21.8 Å². The predicted molar refractivity (Wildman–Crippen MR) is 109 cm³/mol. The van der Waals surface area contributed by atoms with Gasteiger partial charge >= 0.3 is 0 Å². The number of nitrogens with zero attached hydrogens (tertiary/aromatic N) is 2. The molecule has 1 aromatic heterocycles. The Morgan fingerprint density at radius 3 is 2.70 bits per heavy atom. The van der Waals surface area contributed by atoms with E-state index in [4.69, 9.17) is 4.74 Å². The molecule has 1 heterocycles. The molecule has 0 aliphatic carbocycles. The summed E-state index contributed by atoms with van der Waals surface area (Å²) in [6.45, 7) is 5.06. The highest BCUT2D eigenvalue weighted by molar-refractivity contribution is 9.10. The molecule has 0 fully saturated rings. The van der Waals surface area contributed by atoms with E-state index in [-0.39, 0.29) is 12.0 Å². The summed E-state index contributed by atoms with van der Waals surface area (Å²) < 4.78 is 8.24. The van der Waals surface area contributed by atoms with Crippen molar-refractivity contribution in [1.29, 1.82) is 0 Å². The Morgan fingerprint density at radius 1 is 1.19 bits per heavy atom. The minimum absolute atomic E-state index is 0.119. The number of nitrogens with one attached hydrogen (secondary N) is 1. The molecule has 0 saturated carbocycles. The second-order valence-corrected chi connectivity index (χ2v) is 7.43. The van der Waals surface area contributed by atoms with E-state index in [0.29, 0.717) is 18.7 Å². The molecule has 0 unspecified atom stereocenters. The van der Waals surface area contributed by atoms with Gasteiger partial charge in [0.1, 0.15) is 0 Å². The molecule has 5 nitrogen and oxygen atoms in total. The predicted octanol–water partition coefficient (Wildman–Crippen LogP) is 4.49. The second kappa shape index (κ2) is 8.97. The Balaban J connectivity index is 1.63. The lowest BCUT2D eigenvalue weighted by Crippen LogP contribution is -2.23. The van der Waals surface area contributed by atoms with Crippen LogP contribution in [0.3, 0.4) is 0 Å². The number of carbonyl (C=O) groups is 1. The fourth-order valence-corrected chi connectivity index (χ4v) is 2.89. The molecule has 0 saturated heterocycles. The van der Waals surface area contributed by atoms with Crippen LogP contribution in [0.5, 0.6) is 0 Å². The van der Waals surface area contributed by atoms with Gasteiger partial charge in [0.25, 0.3) is 5.91 Å². The van der Waals surface area contributed by atoms with Gasteiger partial charge in [-0.25, -0.2) is 4.68 Å². The van der Waals surface area contributed by atoms with Gasteiger partial charge in [0.15, 0.2) is 0 Å². The van der Waals surface area contributed by atoms with E-state index in [9.17, 15) is 4.79 Å². The summed E-state index contributed by atoms with van der Waals surface area (Å²) in [5.74, 6) is -0.119. The largest absolute Gasteiger partial charge is 0.374 e. The Morgan fingerprint density at radius 2 is 1.96 bits per heavy atom. The van der Waals surface area contributed by atoms with E-state index < -0.39 is 0 Å². The van der Waals surface area contributed by atoms with Crippen LogP contribution in [0, 0.1) is 0 Å². The van der Waals surface area contributed by atoms with Gasteiger partial charge in [0.2, 0.25) is 0 Å². The smallest absolute Gasteiger partial charge is 0.251 e. The van der Waals surface area contributed by atoms with Crippen LogP contribution in [0.4, 0.5) is 0 Å². The van der Waals surface area contributed by atoms with Crippen LogP contribution in [0.15, 0.2) is 65.4 Å². The molecule has 0 aliphatic heterocycles. The minimum Gasteiger partial charge on any atom is -0.374 e. The van der Waals surface area contributed by atoms with Gasteiger partial charge in [-0.2, -0.15) is 5.10 Å². The van der Waals surface area contributed by atoms with Gasteiger partial charge < -0.3 is 10.1 Å². The molecule has 0 atom stereocenters. The summed E-state index contributed by atoms with van der Waals surface area (Å²) in [5.41, 5.74) is 3.57. The lowest BCUT2D eigenvalue weighted by Gasteiger charge is -2.10. The summed E-state index contributed by atoms with van der Waals surface area (Å²) in [4.78, 5) is 12.5. The van der Waals surface area contributed by atoms with Gasteiger partial charge in [-0.1, -0.05) is 30.3 Å². The molecule has 3 aromatic rings. The van der Waals surface area contributed by atoms with Crippen molar-refractivity contribution in [1.82, 2.24) is 15.1 Å². The highest BCUT2D eigenvalue weighted by Gasteiger charge is 2.08. The molecule has 2 aromatic carbocycles. The number of aromatic nitrogens is 2. The van der Waals surface area contributed by atoms with E-state index >= 15 is 0 Å². The molecule has 0 aliphatic rings. The third-order valence-corrected chi connectivity index (χ3v) is 4.36. The Hall–Kier alpha value is -2.44. The number of benzene rings is 2. The summed E-state index contributed by atoms with van der Waals surface area (Å²) in [7, 11) is 0. The number of carbonyl (C=O) groups excluding carboxylic acids is 1. The van der Waals surface area contributed by atoms with Gasteiger partial charge in [-0.05, 0) is 59.1 Å². The number of halogens is 1. The maximum Gasteiger partial charge on any atom is 0.251 e. The van der Waals surface area contributed by atoms with Crippen molar-refractivity contribution in [3.05, 3.63) is 82.1 Å². The Kier molecular flexibility index (Phi) is 6.42. The molecule has 140 valence electrons. The first kappa shape index (κ1) is 19.3. The topological polar surface area (TPSA) is 56.1 Å². The average Bonchev–Trinajstić information content (AvgIpc) is 3.11. The first-order valence-corrected chi connectivity index (χ1v) is 9.59. The van der Waals surface area contributed by atoms with Crippen LogP contribution in [0.1, 0.15) is 35.3 Å².